The molecule has 0 rings (SSSR count). The lowest BCUT2D eigenvalue weighted by molar-refractivity contribution is -0.150. The fourth-order valence-corrected chi connectivity index (χ4v) is 5.52. The molecule has 0 heterocycles. The fourth-order valence-electron chi connectivity index (χ4n) is 5.52. The van der Waals surface area contributed by atoms with Crippen molar-refractivity contribution in [2.75, 3.05) is 0 Å². The van der Waals surface area contributed by atoms with Gasteiger partial charge in [-0.1, -0.05) is 148 Å². The van der Waals surface area contributed by atoms with Crippen LogP contribution in [0.3, 0.4) is 0 Å². The van der Waals surface area contributed by atoms with E-state index < -0.39 is 5.97 Å². The summed E-state index contributed by atoms with van der Waals surface area (Å²) >= 11 is 0. The third-order valence-corrected chi connectivity index (χ3v) is 8.24. The van der Waals surface area contributed by atoms with Gasteiger partial charge in [-0.3, -0.25) is 9.59 Å². The summed E-state index contributed by atoms with van der Waals surface area (Å²) in [5.41, 5.74) is 0. The number of carboxylic acids is 1. The summed E-state index contributed by atoms with van der Waals surface area (Å²) in [6.45, 7) is 4.44. The lowest BCUT2D eigenvalue weighted by Crippen LogP contribution is -2.18. The lowest BCUT2D eigenvalue weighted by Gasteiger charge is -2.17. The molecule has 0 aliphatic rings. The monoisotopic (exact) mass is 579 g/mol. The summed E-state index contributed by atoms with van der Waals surface area (Å²) in [4.78, 5) is 22.9. The van der Waals surface area contributed by atoms with Crippen LogP contribution < -0.4 is 0 Å². The smallest absolute Gasteiger partial charge is 0.306 e. The zero-order valence-corrected chi connectivity index (χ0v) is 27.6. The second-order valence-electron chi connectivity index (χ2n) is 12.4. The first kappa shape index (κ1) is 39.7. The number of unbranched alkanes of at least 4 members (excludes halogenated alkanes) is 22. The van der Waals surface area contributed by atoms with Gasteiger partial charge in [-0.15, -0.1) is 0 Å². The quantitative estimate of drug-likeness (QED) is 0.0478. The molecule has 0 aliphatic carbocycles. The van der Waals surface area contributed by atoms with Crippen LogP contribution in [0, 0.1) is 0 Å². The molecule has 1 atom stereocenters. The van der Waals surface area contributed by atoms with Crippen LogP contribution in [0.2, 0.25) is 0 Å². The van der Waals surface area contributed by atoms with Gasteiger partial charge < -0.3 is 9.84 Å². The van der Waals surface area contributed by atoms with Gasteiger partial charge in [0.1, 0.15) is 6.10 Å². The molecule has 0 amide bonds. The van der Waals surface area contributed by atoms with Crippen LogP contribution in [0.1, 0.15) is 206 Å². The van der Waals surface area contributed by atoms with E-state index >= 15 is 0 Å². The molecule has 4 nitrogen and oxygen atoms in total. The number of allylic oxidation sites excluding steroid dienone is 2. The second-order valence-corrected chi connectivity index (χ2v) is 12.4. The standard InChI is InChI=1S/C37H70O4/c1-3-5-7-8-9-10-11-12-13-14-15-16-17-18-19-20-21-22-23-24-25-26-30-34-37(40)41-35(31-6-4-2)32-28-27-29-33-36(38)39/h14-15,35H,3-13,16-34H2,1-2H3,(H,38,39)/b15-14-. The predicted octanol–water partition coefficient (Wildman–Crippen LogP) is 12.3. The minimum Gasteiger partial charge on any atom is -0.481 e. The largest absolute Gasteiger partial charge is 0.481 e. The van der Waals surface area contributed by atoms with E-state index in [1.807, 2.05) is 0 Å². The number of rotatable bonds is 33. The molecule has 0 bridgehead atoms. The van der Waals surface area contributed by atoms with Crippen LogP contribution in [0.15, 0.2) is 12.2 Å². The van der Waals surface area contributed by atoms with Crippen molar-refractivity contribution in [2.24, 2.45) is 0 Å². The minimum atomic E-state index is -0.729. The van der Waals surface area contributed by atoms with Gasteiger partial charge in [-0.05, 0) is 57.8 Å². The van der Waals surface area contributed by atoms with E-state index in [4.69, 9.17) is 9.84 Å². The van der Waals surface area contributed by atoms with Gasteiger partial charge in [-0.2, -0.15) is 0 Å². The summed E-state index contributed by atoms with van der Waals surface area (Å²) in [7, 11) is 0. The molecule has 0 saturated heterocycles. The molecule has 0 fully saturated rings. The Balaban J connectivity index is 3.47. The molecule has 242 valence electrons. The number of hydrogen-bond acceptors (Lipinski definition) is 3. The molecule has 41 heavy (non-hydrogen) atoms. The number of hydrogen-bond donors (Lipinski definition) is 1. The Kier molecular flexibility index (Phi) is 32.1. The molecule has 0 aromatic heterocycles. The maximum Gasteiger partial charge on any atom is 0.306 e. The molecular formula is C37H70O4. The average Bonchev–Trinajstić information content (AvgIpc) is 2.95. The van der Waals surface area contributed by atoms with Crippen LogP contribution >= 0.6 is 0 Å². The van der Waals surface area contributed by atoms with Crippen molar-refractivity contribution < 1.29 is 19.4 Å². The molecule has 0 aromatic carbocycles. The Morgan fingerprint density at radius 3 is 1.39 bits per heavy atom. The number of carbonyl (C=O) groups is 2. The lowest BCUT2D eigenvalue weighted by atomic mass is 10.0. The van der Waals surface area contributed by atoms with Gasteiger partial charge in [0.25, 0.3) is 0 Å². The number of carbonyl (C=O) groups excluding carboxylic acids is 1. The van der Waals surface area contributed by atoms with E-state index in [0.29, 0.717) is 12.8 Å². The van der Waals surface area contributed by atoms with E-state index in [1.54, 1.807) is 0 Å². The molecule has 0 radical (unpaired) electrons. The van der Waals surface area contributed by atoms with Crippen molar-refractivity contribution >= 4 is 11.9 Å². The van der Waals surface area contributed by atoms with Crippen LogP contribution in [-0.2, 0) is 14.3 Å². The molecule has 1 unspecified atom stereocenters. The topological polar surface area (TPSA) is 63.6 Å². The Labute approximate surface area is 255 Å². The van der Waals surface area contributed by atoms with E-state index in [0.717, 1.165) is 51.4 Å². The third kappa shape index (κ3) is 33.1. The van der Waals surface area contributed by atoms with Crippen molar-refractivity contribution in [3.05, 3.63) is 12.2 Å². The van der Waals surface area contributed by atoms with E-state index in [9.17, 15) is 9.59 Å². The minimum absolute atomic E-state index is 0.00767. The predicted molar refractivity (Wildman–Crippen MR) is 177 cm³/mol. The van der Waals surface area contributed by atoms with E-state index in [1.165, 1.54) is 122 Å². The highest BCUT2D eigenvalue weighted by Gasteiger charge is 2.14. The maximum absolute atomic E-state index is 12.3. The zero-order chi connectivity index (χ0) is 30.1. The molecule has 0 saturated carbocycles. The Bertz CT molecular complexity index is 585. The number of aliphatic carboxylic acids is 1. The maximum atomic E-state index is 12.3. The third-order valence-electron chi connectivity index (χ3n) is 8.24. The normalized spacial score (nSPS) is 12.2. The van der Waals surface area contributed by atoms with Crippen LogP contribution in [-0.4, -0.2) is 23.1 Å². The Morgan fingerprint density at radius 1 is 0.512 bits per heavy atom. The van der Waals surface area contributed by atoms with Crippen molar-refractivity contribution in [1.29, 1.82) is 0 Å². The molecule has 0 aromatic rings. The Morgan fingerprint density at radius 2 is 0.902 bits per heavy atom. The summed E-state index contributed by atoms with van der Waals surface area (Å²) in [6.07, 6.45) is 40.0. The van der Waals surface area contributed by atoms with Gasteiger partial charge in [0, 0.05) is 12.8 Å². The highest BCUT2D eigenvalue weighted by molar-refractivity contribution is 5.69. The highest BCUT2D eigenvalue weighted by Crippen LogP contribution is 2.17. The molecule has 0 aliphatic heterocycles. The Hall–Kier alpha value is -1.32. The second kappa shape index (κ2) is 33.2. The van der Waals surface area contributed by atoms with Crippen LogP contribution in [0.25, 0.3) is 0 Å². The highest BCUT2D eigenvalue weighted by atomic mass is 16.5. The number of ether oxygens (including phenoxy) is 1. The SMILES string of the molecule is CCCCCCCCCC/C=C\CCCCCCCCCCCCCC(=O)OC(CCCC)CCCCCC(=O)O. The first-order valence-electron chi connectivity index (χ1n) is 18.2. The number of esters is 1. The van der Waals surface area contributed by atoms with E-state index in [2.05, 4.69) is 26.0 Å². The zero-order valence-electron chi connectivity index (χ0n) is 27.6. The molecule has 0 spiro atoms. The van der Waals surface area contributed by atoms with Crippen molar-refractivity contribution in [2.45, 2.75) is 213 Å². The summed E-state index contributed by atoms with van der Waals surface area (Å²) in [6, 6.07) is 0. The van der Waals surface area contributed by atoms with Crippen molar-refractivity contribution in [3.8, 4) is 0 Å². The van der Waals surface area contributed by atoms with Gasteiger partial charge in [0.2, 0.25) is 0 Å². The fraction of sp³-hybridized carbons (Fsp3) is 0.892. The molecule has 1 N–H and O–H groups in total. The summed E-state index contributed by atoms with van der Waals surface area (Å²) in [5.74, 6) is -0.775. The molecule has 4 heteroatoms. The van der Waals surface area contributed by atoms with Crippen molar-refractivity contribution in [3.63, 3.8) is 0 Å². The van der Waals surface area contributed by atoms with Gasteiger partial charge in [0.15, 0.2) is 0 Å². The molecular weight excluding hydrogens is 508 g/mol. The first-order chi connectivity index (χ1) is 20.1. The van der Waals surface area contributed by atoms with Gasteiger partial charge >= 0.3 is 11.9 Å². The van der Waals surface area contributed by atoms with E-state index in [-0.39, 0.29) is 18.5 Å². The van der Waals surface area contributed by atoms with Crippen LogP contribution in [0.4, 0.5) is 0 Å². The van der Waals surface area contributed by atoms with Gasteiger partial charge in [-0.25, -0.2) is 0 Å². The number of carboxylic acid groups (broad SMARTS) is 1. The summed E-state index contributed by atoms with van der Waals surface area (Å²) in [5, 5.41) is 8.75. The van der Waals surface area contributed by atoms with Gasteiger partial charge in [0.05, 0.1) is 0 Å². The summed E-state index contributed by atoms with van der Waals surface area (Å²) < 4.78 is 5.77. The first-order valence-corrected chi connectivity index (χ1v) is 18.2. The average molecular weight is 579 g/mol. The van der Waals surface area contributed by atoms with Crippen LogP contribution in [0.5, 0.6) is 0 Å². The van der Waals surface area contributed by atoms with Crippen molar-refractivity contribution in [1.82, 2.24) is 0 Å².